The maximum Gasteiger partial charge on any atom is 0.407 e. The summed E-state index contributed by atoms with van der Waals surface area (Å²) in [5, 5.41) is 7.40. The topological polar surface area (TPSA) is 82.5 Å². The van der Waals surface area contributed by atoms with Crippen molar-refractivity contribution < 1.29 is 19.1 Å². The van der Waals surface area contributed by atoms with Gasteiger partial charge in [0.2, 0.25) is 0 Å². The number of aromatic nitrogens is 2. The number of amides is 1. The largest absolute Gasteiger partial charge is 0.455 e. The summed E-state index contributed by atoms with van der Waals surface area (Å²) in [7, 11) is 0. The van der Waals surface area contributed by atoms with Gasteiger partial charge in [0.15, 0.2) is 5.69 Å². The van der Waals surface area contributed by atoms with Crippen LogP contribution in [0, 0.1) is 0 Å². The molecule has 0 radical (unpaired) electrons. The van der Waals surface area contributed by atoms with Gasteiger partial charge in [-0.2, -0.15) is 5.10 Å². The molecule has 0 saturated heterocycles. The van der Waals surface area contributed by atoms with Gasteiger partial charge in [-0.15, -0.1) is 0 Å². The molecule has 5 rings (SSSR count). The van der Waals surface area contributed by atoms with Crippen molar-refractivity contribution in [3.8, 4) is 0 Å². The Labute approximate surface area is 164 Å². The minimum atomic E-state index is -0.550. The first kappa shape index (κ1) is 18.5. The van der Waals surface area contributed by atoms with E-state index in [4.69, 9.17) is 9.47 Å². The molecule has 28 heavy (non-hydrogen) atoms. The summed E-state index contributed by atoms with van der Waals surface area (Å²) in [4.78, 5) is 24.2. The molecule has 7 nitrogen and oxygen atoms in total. The van der Waals surface area contributed by atoms with E-state index >= 15 is 0 Å². The minimum absolute atomic E-state index is 0.118. The summed E-state index contributed by atoms with van der Waals surface area (Å²) in [6, 6.07) is 11.3. The number of hydrogen-bond acceptors (Lipinski definition) is 5. The molecule has 1 amide bonds. The third-order valence-corrected chi connectivity index (χ3v) is 5.27. The van der Waals surface area contributed by atoms with E-state index in [-0.39, 0.29) is 17.7 Å². The molecule has 3 saturated carbocycles. The van der Waals surface area contributed by atoms with Crippen molar-refractivity contribution in [3.63, 3.8) is 0 Å². The zero-order chi connectivity index (χ0) is 20.0. The van der Waals surface area contributed by atoms with Crippen molar-refractivity contribution in [2.24, 2.45) is 0 Å². The summed E-state index contributed by atoms with van der Waals surface area (Å²) in [6.45, 7) is 5.74. The van der Waals surface area contributed by atoms with E-state index in [1.54, 1.807) is 6.07 Å². The normalized spacial score (nSPS) is 25.2. The molecule has 0 atom stereocenters. The van der Waals surface area contributed by atoms with E-state index in [1.807, 2.05) is 62.0 Å². The first-order valence-corrected chi connectivity index (χ1v) is 9.47. The average Bonchev–Trinajstić information content (AvgIpc) is 3.04. The van der Waals surface area contributed by atoms with Crippen LogP contribution in [-0.2, 0) is 21.6 Å². The molecular weight excluding hydrogens is 358 g/mol. The van der Waals surface area contributed by atoms with Gasteiger partial charge in [-0.3, -0.25) is 4.68 Å². The molecule has 3 fully saturated rings. The predicted octanol–water partition coefficient (Wildman–Crippen LogP) is 3.40. The van der Waals surface area contributed by atoms with E-state index in [9.17, 15) is 9.59 Å². The van der Waals surface area contributed by atoms with Crippen LogP contribution in [0.3, 0.4) is 0 Å². The van der Waals surface area contributed by atoms with Crippen LogP contribution in [0.5, 0.6) is 0 Å². The molecule has 148 valence electrons. The van der Waals surface area contributed by atoms with Crippen LogP contribution < -0.4 is 5.32 Å². The Balaban J connectivity index is 1.28. The van der Waals surface area contributed by atoms with Crippen molar-refractivity contribution in [3.05, 3.63) is 53.9 Å². The van der Waals surface area contributed by atoms with Crippen LogP contribution in [0.1, 0.15) is 56.1 Å². The molecule has 7 heteroatoms. The summed E-state index contributed by atoms with van der Waals surface area (Å²) < 4.78 is 12.5. The molecular formula is C21H25N3O4. The Morgan fingerprint density at radius 2 is 1.82 bits per heavy atom. The smallest absolute Gasteiger partial charge is 0.407 e. The number of nitrogens with zero attached hydrogens (tertiary/aromatic N) is 2. The molecule has 0 unspecified atom stereocenters. The number of carbonyl (C=O) groups is 2. The maximum absolute atomic E-state index is 12.1. The third-order valence-electron chi connectivity index (χ3n) is 5.27. The molecule has 1 heterocycles. The SMILES string of the molecule is CC(C)(C)OC(=O)c1ccn(C23CC(NC(=O)OCc4ccccc4)(C2)C3)n1. The van der Waals surface area contributed by atoms with Gasteiger partial charge in [-0.25, -0.2) is 9.59 Å². The lowest BCUT2D eigenvalue weighted by molar-refractivity contribution is -0.141. The Kier molecular flexibility index (Phi) is 4.21. The summed E-state index contributed by atoms with van der Waals surface area (Å²) >= 11 is 0. The zero-order valence-corrected chi connectivity index (χ0v) is 16.4. The number of benzene rings is 1. The zero-order valence-electron chi connectivity index (χ0n) is 16.4. The Hall–Kier alpha value is -2.83. The van der Waals surface area contributed by atoms with Crippen molar-refractivity contribution in [1.29, 1.82) is 0 Å². The molecule has 3 aliphatic rings. The van der Waals surface area contributed by atoms with Crippen molar-refractivity contribution in [2.45, 2.75) is 63.3 Å². The van der Waals surface area contributed by atoms with Crippen molar-refractivity contribution in [1.82, 2.24) is 15.1 Å². The Morgan fingerprint density at radius 3 is 2.46 bits per heavy atom. The van der Waals surface area contributed by atoms with Gasteiger partial charge in [0.05, 0.1) is 11.1 Å². The van der Waals surface area contributed by atoms with Crippen LogP contribution >= 0.6 is 0 Å². The highest BCUT2D eigenvalue weighted by atomic mass is 16.6. The van der Waals surface area contributed by atoms with Gasteiger partial charge in [-0.1, -0.05) is 30.3 Å². The van der Waals surface area contributed by atoms with E-state index in [1.165, 1.54) is 0 Å². The van der Waals surface area contributed by atoms with E-state index in [0.717, 1.165) is 24.8 Å². The fraction of sp³-hybridized carbons (Fsp3) is 0.476. The molecule has 1 N–H and O–H groups in total. The second-order valence-electron chi connectivity index (χ2n) is 8.87. The second kappa shape index (κ2) is 6.36. The van der Waals surface area contributed by atoms with Gasteiger partial charge < -0.3 is 14.8 Å². The molecule has 3 aliphatic carbocycles. The lowest BCUT2D eigenvalue weighted by Crippen LogP contribution is -2.78. The number of esters is 1. The number of alkyl carbamates (subject to hydrolysis) is 1. The second-order valence-corrected chi connectivity index (χ2v) is 8.87. The predicted molar refractivity (Wildman–Crippen MR) is 102 cm³/mol. The average molecular weight is 383 g/mol. The van der Waals surface area contributed by atoms with E-state index in [2.05, 4.69) is 10.4 Å². The summed E-state index contributed by atoms with van der Waals surface area (Å²) in [5.41, 5.74) is 0.381. The van der Waals surface area contributed by atoms with Crippen LogP contribution in [0.15, 0.2) is 42.6 Å². The highest BCUT2D eigenvalue weighted by Gasteiger charge is 2.70. The summed E-state index contributed by atoms with van der Waals surface area (Å²) in [6.07, 6.45) is 3.78. The quantitative estimate of drug-likeness (QED) is 0.800. The first-order valence-electron chi connectivity index (χ1n) is 9.47. The van der Waals surface area contributed by atoms with Crippen LogP contribution in [0.2, 0.25) is 0 Å². The fourth-order valence-electron chi connectivity index (χ4n) is 4.11. The highest BCUT2D eigenvalue weighted by molar-refractivity contribution is 5.87. The minimum Gasteiger partial charge on any atom is -0.455 e. The van der Waals surface area contributed by atoms with Gasteiger partial charge >= 0.3 is 12.1 Å². The molecule has 1 aromatic heterocycles. The first-order chi connectivity index (χ1) is 13.2. The fourth-order valence-corrected chi connectivity index (χ4v) is 4.11. The number of carbonyl (C=O) groups excluding carboxylic acids is 2. The number of rotatable bonds is 5. The molecule has 2 bridgehead atoms. The Bertz CT molecular complexity index is 878. The summed E-state index contributed by atoms with van der Waals surface area (Å²) in [5.74, 6) is -0.421. The van der Waals surface area contributed by atoms with Gasteiger partial charge in [0.25, 0.3) is 0 Å². The van der Waals surface area contributed by atoms with Gasteiger partial charge in [0.1, 0.15) is 12.2 Å². The molecule has 2 aromatic rings. The third kappa shape index (κ3) is 3.48. The maximum atomic E-state index is 12.1. The van der Waals surface area contributed by atoms with E-state index < -0.39 is 17.7 Å². The highest BCUT2D eigenvalue weighted by Crippen LogP contribution is 2.65. The molecule has 0 aliphatic heterocycles. The number of hydrogen-bond donors (Lipinski definition) is 1. The lowest BCUT2D eigenvalue weighted by atomic mass is 9.44. The Morgan fingerprint density at radius 1 is 1.14 bits per heavy atom. The number of ether oxygens (including phenoxy) is 2. The van der Waals surface area contributed by atoms with E-state index in [0.29, 0.717) is 5.69 Å². The molecule has 1 aromatic carbocycles. The van der Waals surface area contributed by atoms with Crippen LogP contribution in [0.4, 0.5) is 4.79 Å². The molecule has 0 spiro atoms. The lowest BCUT2D eigenvalue weighted by Gasteiger charge is -2.69. The van der Waals surface area contributed by atoms with Crippen molar-refractivity contribution in [2.75, 3.05) is 0 Å². The van der Waals surface area contributed by atoms with Crippen LogP contribution in [0.25, 0.3) is 0 Å². The standard InChI is InChI=1S/C21H25N3O4/c1-19(2,3)28-17(25)16-9-10-24(23-16)21-12-20(13-21,14-21)22-18(26)27-11-15-7-5-4-6-8-15/h4-10H,11-14H2,1-3H3,(H,22,26). The van der Waals surface area contributed by atoms with Crippen LogP contribution in [-0.4, -0.2) is 33.0 Å². The van der Waals surface area contributed by atoms with Gasteiger partial charge in [-0.05, 0) is 51.7 Å². The van der Waals surface area contributed by atoms with Crippen molar-refractivity contribution >= 4 is 12.1 Å². The monoisotopic (exact) mass is 383 g/mol. The van der Waals surface area contributed by atoms with Gasteiger partial charge in [0, 0.05) is 6.20 Å². The number of nitrogens with one attached hydrogen (secondary N) is 1.